The second kappa shape index (κ2) is 7.38. The van der Waals surface area contributed by atoms with E-state index in [1.54, 1.807) is 38.1 Å². The van der Waals surface area contributed by atoms with Crippen molar-refractivity contribution >= 4 is 17.3 Å². The molecule has 1 aromatic heterocycles. The Morgan fingerprint density at radius 3 is 2.54 bits per heavy atom. The van der Waals surface area contributed by atoms with E-state index in [0.29, 0.717) is 22.8 Å². The van der Waals surface area contributed by atoms with Crippen LogP contribution in [0, 0.1) is 13.8 Å². The van der Waals surface area contributed by atoms with Crippen LogP contribution in [0.25, 0.3) is 11.1 Å². The van der Waals surface area contributed by atoms with Gasteiger partial charge >= 0.3 is 12.1 Å². The quantitative estimate of drug-likeness (QED) is 0.643. The summed E-state index contributed by atoms with van der Waals surface area (Å²) < 4.78 is 40.3. The molecule has 0 aliphatic heterocycles. The van der Waals surface area contributed by atoms with Crippen molar-refractivity contribution < 1.29 is 23.1 Å². The van der Waals surface area contributed by atoms with Crippen LogP contribution in [0.15, 0.2) is 48.5 Å². The molecule has 1 heterocycles. The molecule has 0 saturated heterocycles. The number of aromatic nitrogens is 2. The van der Waals surface area contributed by atoms with Crippen LogP contribution in [0.1, 0.15) is 17.0 Å². The lowest BCUT2D eigenvalue weighted by Crippen LogP contribution is -2.11. The average Bonchev–Trinajstić information content (AvgIpc) is 2.88. The summed E-state index contributed by atoms with van der Waals surface area (Å²) in [7, 11) is 0. The smallest absolute Gasteiger partial charge is 0.416 e. The topological polar surface area (TPSA) is 67.2 Å². The zero-order valence-electron chi connectivity index (χ0n) is 15.2. The van der Waals surface area contributed by atoms with E-state index in [2.05, 4.69) is 10.4 Å². The third-order valence-corrected chi connectivity index (χ3v) is 4.33. The molecule has 0 aliphatic carbocycles. The van der Waals surface area contributed by atoms with Crippen molar-refractivity contribution in [3.05, 3.63) is 65.5 Å². The number of rotatable bonds is 5. The van der Waals surface area contributed by atoms with Crippen molar-refractivity contribution in [1.82, 2.24) is 9.78 Å². The van der Waals surface area contributed by atoms with Gasteiger partial charge in [-0.25, -0.2) is 0 Å². The van der Waals surface area contributed by atoms with E-state index in [0.717, 1.165) is 23.3 Å². The number of para-hydroxylation sites is 1. The number of nitrogens with one attached hydrogen (secondary N) is 1. The number of hydrogen-bond donors (Lipinski definition) is 2. The summed E-state index contributed by atoms with van der Waals surface area (Å²) >= 11 is 0. The van der Waals surface area contributed by atoms with Crippen molar-refractivity contribution in [3.8, 4) is 11.1 Å². The predicted molar refractivity (Wildman–Crippen MR) is 99.5 cm³/mol. The minimum absolute atomic E-state index is 0.268. The molecule has 0 radical (unpaired) electrons. The Kier molecular flexibility index (Phi) is 5.13. The van der Waals surface area contributed by atoms with Gasteiger partial charge < -0.3 is 10.4 Å². The first-order valence-corrected chi connectivity index (χ1v) is 8.46. The van der Waals surface area contributed by atoms with Crippen molar-refractivity contribution in [1.29, 1.82) is 0 Å². The molecular formula is C20H18F3N3O2. The molecule has 28 heavy (non-hydrogen) atoms. The summed E-state index contributed by atoms with van der Waals surface area (Å²) in [6.45, 7) is 3.26. The van der Waals surface area contributed by atoms with Crippen molar-refractivity contribution in [3.63, 3.8) is 0 Å². The first-order chi connectivity index (χ1) is 13.2. The lowest BCUT2D eigenvalue weighted by molar-refractivity contribution is -0.138. The number of anilines is 2. The number of carboxylic acids is 1. The van der Waals surface area contributed by atoms with Crippen LogP contribution in [0.5, 0.6) is 0 Å². The maximum absolute atomic E-state index is 13.0. The third kappa shape index (κ3) is 4.00. The number of hydrogen-bond acceptors (Lipinski definition) is 3. The Hall–Kier alpha value is -3.29. The van der Waals surface area contributed by atoms with Gasteiger partial charge in [0.25, 0.3) is 0 Å². The fourth-order valence-electron chi connectivity index (χ4n) is 3.11. The highest BCUT2D eigenvalue weighted by Crippen LogP contribution is 2.36. The molecule has 146 valence electrons. The molecule has 0 unspecified atom stereocenters. The van der Waals surface area contributed by atoms with E-state index in [1.807, 2.05) is 6.07 Å². The summed E-state index contributed by atoms with van der Waals surface area (Å²) in [5.74, 6) is -1.01. The summed E-state index contributed by atoms with van der Waals surface area (Å²) in [4.78, 5) is 11.0. The van der Waals surface area contributed by atoms with Gasteiger partial charge in [-0.2, -0.15) is 18.3 Å². The zero-order chi connectivity index (χ0) is 20.5. The molecule has 2 N–H and O–H groups in total. The number of benzene rings is 2. The lowest BCUT2D eigenvalue weighted by atomic mass is 10.0. The first kappa shape index (κ1) is 19.5. The molecule has 0 saturated carbocycles. The van der Waals surface area contributed by atoms with Crippen LogP contribution in [0.4, 0.5) is 24.5 Å². The lowest BCUT2D eigenvalue weighted by Gasteiger charge is -2.14. The second-order valence-corrected chi connectivity index (χ2v) is 6.35. The Bertz CT molecular complexity index is 1030. The second-order valence-electron chi connectivity index (χ2n) is 6.35. The molecule has 3 aromatic rings. The van der Waals surface area contributed by atoms with E-state index in [1.165, 1.54) is 10.7 Å². The number of aliphatic carboxylic acids is 1. The van der Waals surface area contributed by atoms with Gasteiger partial charge in [-0.1, -0.05) is 24.3 Å². The maximum Gasteiger partial charge on any atom is 0.416 e. The van der Waals surface area contributed by atoms with Gasteiger partial charge in [0.2, 0.25) is 0 Å². The van der Waals surface area contributed by atoms with E-state index in [9.17, 15) is 18.0 Å². The van der Waals surface area contributed by atoms with E-state index >= 15 is 0 Å². The Morgan fingerprint density at radius 2 is 1.86 bits per heavy atom. The van der Waals surface area contributed by atoms with Crippen LogP contribution in [0.3, 0.4) is 0 Å². The molecule has 0 amide bonds. The van der Waals surface area contributed by atoms with Gasteiger partial charge in [0.1, 0.15) is 6.54 Å². The van der Waals surface area contributed by atoms with Crippen molar-refractivity contribution in [2.24, 2.45) is 0 Å². The molecule has 5 nitrogen and oxygen atoms in total. The van der Waals surface area contributed by atoms with Gasteiger partial charge in [-0.05, 0) is 38.1 Å². The Morgan fingerprint density at radius 1 is 1.14 bits per heavy atom. The maximum atomic E-state index is 13.0. The highest BCUT2D eigenvalue weighted by Gasteiger charge is 2.30. The number of carbonyl (C=O) groups is 1. The molecule has 0 spiro atoms. The minimum atomic E-state index is -4.43. The van der Waals surface area contributed by atoms with E-state index < -0.39 is 17.7 Å². The summed E-state index contributed by atoms with van der Waals surface area (Å²) in [6, 6.07) is 12.1. The third-order valence-electron chi connectivity index (χ3n) is 4.33. The fourth-order valence-corrected chi connectivity index (χ4v) is 3.11. The van der Waals surface area contributed by atoms with Crippen LogP contribution in [-0.2, 0) is 17.5 Å². The molecule has 3 rings (SSSR count). The fraction of sp³-hybridized carbons (Fsp3) is 0.200. The Balaban J connectivity index is 2.02. The molecule has 8 heteroatoms. The van der Waals surface area contributed by atoms with Crippen molar-refractivity contribution in [2.75, 3.05) is 5.32 Å². The summed E-state index contributed by atoms with van der Waals surface area (Å²) in [5.41, 5.74) is 2.94. The molecule has 0 aliphatic rings. The SMILES string of the molecule is Cc1nn(CC(=O)O)c(C)c1-c1ccccc1Nc1cccc(C(F)(F)F)c1. The zero-order valence-corrected chi connectivity index (χ0v) is 15.2. The Labute approximate surface area is 159 Å². The number of aryl methyl sites for hydroxylation is 1. The number of halogens is 3. The molecular weight excluding hydrogens is 371 g/mol. The minimum Gasteiger partial charge on any atom is -0.480 e. The van der Waals surface area contributed by atoms with Gasteiger partial charge in [-0.3, -0.25) is 9.48 Å². The van der Waals surface area contributed by atoms with Gasteiger partial charge in [-0.15, -0.1) is 0 Å². The molecule has 0 atom stereocenters. The van der Waals surface area contributed by atoms with Crippen LogP contribution in [-0.4, -0.2) is 20.9 Å². The standard InChI is InChI=1S/C20H18F3N3O2/c1-12-19(13(2)26(25-12)11-18(27)28)16-8-3-4-9-17(16)24-15-7-5-6-14(10-15)20(21,22)23/h3-10,24H,11H2,1-2H3,(H,27,28). The van der Waals surface area contributed by atoms with Crippen molar-refractivity contribution in [2.45, 2.75) is 26.6 Å². The summed E-state index contributed by atoms with van der Waals surface area (Å²) in [5, 5.41) is 16.4. The number of alkyl halides is 3. The van der Waals surface area contributed by atoms with E-state index in [-0.39, 0.29) is 6.54 Å². The van der Waals surface area contributed by atoms with Crippen LogP contribution in [0.2, 0.25) is 0 Å². The van der Waals surface area contributed by atoms with Crippen LogP contribution >= 0.6 is 0 Å². The van der Waals surface area contributed by atoms with Gasteiger partial charge in [0.15, 0.2) is 0 Å². The monoisotopic (exact) mass is 389 g/mol. The van der Waals surface area contributed by atoms with Gasteiger partial charge in [0.05, 0.1) is 11.3 Å². The number of nitrogens with zero attached hydrogens (tertiary/aromatic N) is 2. The van der Waals surface area contributed by atoms with E-state index in [4.69, 9.17) is 5.11 Å². The first-order valence-electron chi connectivity index (χ1n) is 8.46. The highest BCUT2D eigenvalue weighted by molar-refractivity contribution is 5.83. The van der Waals surface area contributed by atoms with Crippen LogP contribution < -0.4 is 5.32 Å². The average molecular weight is 389 g/mol. The normalized spacial score (nSPS) is 11.5. The molecule has 2 aromatic carbocycles. The highest BCUT2D eigenvalue weighted by atomic mass is 19.4. The van der Waals surface area contributed by atoms with Gasteiger partial charge in [0, 0.05) is 28.2 Å². The number of carboxylic acid groups (broad SMARTS) is 1. The predicted octanol–water partition coefficient (Wildman–Crippen LogP) is 5.01. The summed E-state index contributed by atoms with van der Waals surface area (Å²) in [6.07, 6.45) is -4.43. The molecule has 0 bridgehead atoms. The molecule has 0 fully saturated rings. The largest absolute Gasteiger partial charge is 0.480 e.